The molecule has 1 atom stereocenters. The monoisotopic (exact) mass is 307 g/mol. The lowest BCUT2D eigenvalue weighted by Crippen LogP contribution is -2.23. The van der Waals surface area contributed by atoms with Crippen LogP contribution in [0.2, 0.25) is 5.02 Å². The van der Waals surface area contributed by atoms with Crippen LogP contribution in [0.5, 0.6) is 0 Å². The Morgan fingerprint density at radius 3 is 2.62 bits per heavy atom. The lowest BCUT2D eigenvalue weighted by molar-refractivity contribution is -0.141. The van der Waals surface area contributed by atoms with E-state index in [2.05, 4.69) is 5.32 Å². The van der Waals surface area contributed by atoms with Gasteiger partial charge in [-0.05, 0) is 36.8 Å². The summed E-state index contributed by atoms with van der Waals surface area (Å²) in [6.07, 6.45) is 0. The van der Waals surface area contributed by atoms with E-state index < -0.39 is 17.8 Å². The van der Waals surface area contributed by atoms with Gasteiger partial charge in [-0.2, -0.15) is 0 Å². The molecule has 0 aliphatic carbocycles. The number of anilines is 1. The zero-order valence-electron chi connectivity index (χ0n) is 11.7. The maximum Gasteiger partial charge on any atom is 0.333 e. The molecule has 1 N–H and O–H groups in total. The third-order valence-electron chi connectivity index (χ3n) is 3.05. The molecule has 110 valence electrons. The molecule has 0 spiro atoms. The summed E-state index contributed by atoms with van der Waals surface area (Å²) in [7, 11) is 1.25. The first kappa shape index (κ1) is 15.3. The predicted molar refractivity (Wildman–Crippen MR) is 81.0 cm³/mol. The lowest BCUT2D eigenvalue weighted by atomic mass is 10.1. The highest BCUT2D eigenvalue weighted by Crippen LogP contribution is 2.29. The van der Waals surface area contributed by atoms with Crippen molar-refractivity contribution in [2.45, 2.75) is 13.0 Å². The average molecular weight is 308 g/mol. The number of aryl methyl sites for hydroxylation is 1. The summed E-state index contributed by atoms with van der Waals surface area (Å²) in [5, 5.41) is 3.14. The van der Waals surface area contributed by atoms with Gasteiger partial charge in [0.2, 0.25) is 0 Å². The number of hydrogen-bond donors (Lipinski definition) is 1. The molecule has 21 heavy (non-hydrogen) atoms. The quantitative estimate of drug-likeness (QED) is 0.864. The molecule has 5 heteroatoms. The number of halogens is 2. The second-order valence-electron chi connectivity index (χ2n) is 4.61. The molecular weight excluding hydrogens is 293 g/mol. The van der Waals surface area contributed by atoms with Crippen molar-refractivity contribution in [1.29, 1.82) is 0 Å². The van der Waals surface area contributed by atoms with Gasteiger partial charge in [-0.15, -0.1) is 0 Å². The molecule has 2 aromatic rings. The summed E-state index contributed by atoms with van der Waals surface area (Å²) in [6.45, 7) is 1.93. The van der Waals surface area contributed by atoms with Gasteiger partial charge in [0.15, 0.2) is 6.04 Å². The van der Waals surface area contributed by atoms with Crippen molar-refractivity contribution in [2.75, 3.05) is 12.4 Å². The van der Waals surface area contributed by atoms with Gasteiger partial charge in [0, 0.05) is 16.3 Å². The van der Waals surface area contributed by atoms with Crippen molar-refractivity contribution < 1.29 is 13.9 Å². The Balaban J connectivity index is 2.42. The van der Waals surface area contributed by atoms with E-state index in [1.54, 1.807) is 6.07 Å². The number of methoxy groups -OCH3 is 1. The van der Waals surface area contributed by atoms with Crippen LogP contribution < -0.4 is 5.32 Å². The molecule has 0 saturated carbocycles. The largest absolute Gasteiger partial charge is 0.467 e. The molecule has 0 saturated heterocycles. The number of esters is 1. The molecule has 0 fully saturated rings. The number of carbonyl (C=O) groups is 1. The van der Waals surface area contributed by atoms with Crippen LogP contribution in [0, 0.1) is 12.7 Å². The molecule has 0 aliphatic heterocycles. The van der Waals surface area contributed by atoms with Crippen LogP contribution in [0.15, 0.2) is 42.5 Å². The Kier molecular flexibility index (Phi) is 4.81. The molecule has 1 unspecified atom stereocenters. The zero-order chi connectivity index (χ0) is 15.4. The highest BCUT2D eigenvalue weighted by Gasteiger charge is 2.27. The van der Waals surface area contributed by atoms with E-state index >= 15 is 0 Å². The third-order valence-corrected chi connectivity index (χ3v) is 3.38. The maximum atomic E-state index is 14.0. The second-order valence-corrected chi connectivity index (χ2v) is 5.01. The zero-order valence-corrected chi connectivity index (χ0v) is 12.4. The van der Waals surface area contributed by atoms with Crippen molar-refractivity contribution in [3.05, 3.63) is 64.4 Å². The Morgan fingerprint density at radius 1 is 1.29 bits per heavy atom. The van der Waals surface area contributed by atoms with E-state index in [9.17, 15) is 9.18 Å². The normalized spacial score (nSPS) is 11.8. The Morgan fingerprint density at radius 2 is 2.00 bits per heavy atom. The van der Waals surface area contributed by atoms with E-state index in [4.69, 9.17) is 16.3 Å². The van der Waals surface area contributed by atoms with E-state index in [1.165, 1.54) is 25.3 Å². The smallest absolute Gasteiger partial charge is 0.333 e. The average Bonchev–Trinajstić information content (AvgIpc) is 2.45. The minimum absolute atomic E-state index is 0.0764. The highest BCUT2D eigenvalue weighted by molar-refractivity contribution is 6.31. The van der Waals surface area contributed by atoms with Crippen molar-refractivity contribution >= 4 is 23.3 Å². The molecule has 0 heterocycles. The van der Waals surface area contributed by atoms with Crippen LogP contribution in [0.4, 0.5) is 10.1 Å². The number of rotatable bonds is 4. The standard InChI is InChI=1S/C16H15ClFNO2/c1-10-5-3-6-11(9-10)19-15(16(20)21-2)14-12(17)7-4-8-13(14)18/h3-9,15,19H,1-2H3. The van der Waals surface area contributed by atoms with E-state index in [1.807, 2.05) is 25.1 Å². The van der Waals surface area contributed by atoms with Crippen molar-refractivity contribution in [1.82, 2.24) is 0 Å². The minimum Gasteiger partial charge on any atom is -0.467 e. The first-order chi connectivity index (χ1) is 10.0. The fraction of sp³-hybridized carbons (Fsp3) is 0.188. The summed E-state index contributed by atoms with van der Waals surface area (Å²) in [5.41, 5.74) is 1.78. The lowest BCUT2D eigenvalue weighted by Gasteiger charge is -2.20. The third kappa shape index (κ3) is 3.52. The summed E-state index contributed by atoms with van der Waals surface area (Å²) in [4.78, 5) is 12.0. The van der Waals surface area contributed by atoms with Gasteiger partial charge >= 0.3 is 5.97 Å². The van der Waals surface area contributed by atoms with Crippen LogP contribution >= 0.6 is 11.6 Å². The van der Waals surface area contributed by atoms with Gasteiger partial charge in [-0.1, -0.05) is 29.8 Å². The van der Waals surface area contributed by atoms with E-state index in [0.29, 0.717) is 5.69 Å². The Labute approximate surface area is 127 Å². The Bertz CT molecular complexity index is 640. The molecular formula is C16H15ClFNO2. The second kappa shape index (κ2) is 6.59. The number of benzene rings is 2. The number of nitrogens with one attached hydrogen (secondary N) is 1. The van der Waals surface area contributed by atoms with Crippen LogP contribution in [-0.4, -0.2) is 13.1 Å². The number of hydrogen-bond acceptors (Lipinski definition) is 3. The molecule has 0 aromatic heterocycles. The molecule has 0 bridgehead atoms. The molecule has 2 rings (SSSR count). The van der Waals surface area contributed by atoms with Crippen LogP contribution in [0.25, 0.3) is 0 Å². The molecule has 3 nitrogen and oxygen atoms in total. The molecule has 2 aromatic carbocycles. The molecule has 0 aliphatic rings. The van der Waals surface area contributed by atoms with E-state index in [0.717, 1.165) is 5.56 Å². The van der Waals surface area contributed by atoms with Gasteiger partial charge in [0.05, 0.1) is 7.11 Å². The highest BCUT2D eigenvalue weighted by atomic mass is 35.5. The number of ether oxygens (including phenoxy) is 1. The van der Waals surface area contributed by atoms with Crippen LogP contribution in [-0.2, 0) is 9.53 Å². The minimum atomic E-state index is -1.01. The van der Waals surface area contributed by atoms with Gasteiger partial charge in [0.1, 0.15) is 5.82 Å². The van der Waals surface area contributed by atoms with Crippen molar-refractivity contribution in [3.8, 4) is 0 Å². The van der Waals surface area contributed by atoms with Gasteiger partial charge in [-0.25, -0.2) is 9.18 Å². The molecule has 0 amide bonds. The summed E-state index contributed by atoms with van der Waals surface area (Å²) >= 11 is 6.04. The van der Waals surface area contributed by atoms with Crippen molar-refractivity contribution in [3.63, 3.8) is 0 Å². The van der Waals surface area contributed by atoms with Crippen LogP contribution in [0.3, 0.4) is 0 Å². The van der Waals surface area contributed by atoms with Crippen molar-refractivity contribution in [2.24, 2.45) is 0 Å². The SMILES string of the molecule is COC(=O)C(Nc1cccc(C)c1)c1c(F)cccc1Cl. The first-order valence-corrected chi connectivity index (χ1v) is 6.75. The predicted octanol–water partition coefficient (Wildman–Crippen LogP) is 4.11. The Hall–Kier alpha value is -2.07. The number of carbonyl (C=O) groups excluding carboxylic acids is 1. The summed E-state index contributed by atoms with van der Waals surface area (Å²) in [6, 6.07) is 10.7. The first-order valence-electron chi connectivity index (χ1n) is 6.38. The summed E-state index contributed by atoms with van der Waals surface area (Å²) in [5.74, 6) is -1.17. The fourth-order valence-corrected chi connectivity index (χ4v) is 2.33. The molecule has 0 radical (unpaired) electrons. The summed E-state index contributed by atoms with van der Waals surface area (Å²) < 4.78 is 18.8. The van der Waals surface area contributed by atoms with Crippen LogP contribution in [0.1, 0.15) is 17.2 Å². The van der Waals surface area contributed by atoms with Gasteiger partial charge in [0.25, 0.3) is 0 Å². The van der Waals surface area contributed by atoms with Gasteiger partial charge in [-0.3, -0.25) is 0 Å². The fourth-order valence-electron chi connectivity index (χ4n) is 2.05. The maximum absolute atomic E-state index is 14.0. The van der Waals surface area contributed by atoms with E-state index in [-0.39, 0.29) is 10.6 Å². The topological polar surface area (TPSA) is 38.3 Å². The van der Waals surface area contributed by atoms with Gasteiger partial charge < -0.3 is 10.1 Å².